The van der Waals surface area contributed by atoms with Gasteiger partial charge in [-0.1, -0.05) is 6.07 Å². The highest BCUT2D eigenvalue weighted by molar-refractivity contribution is 7.10. The van der Waals surface area contributed by atoms with Crippen LogP contribution in [0.5, 0.6) is 0 Å². The zero-order valence-corrected chi connectivity index (χ0v) is 9.86. The molecule has 1 amide bonds. The second kappa shape index (κ2) is 3.94. The first-order valence-electron chi connectivity index (χ1n) is 5.16. The molecule has 0 bridgehead atoms. The molecule has 3 nitrogen and oxygen atoms in total. The summed E-state index contributed by atoms with van der Waals surface area (Å²) in [5, 5.41) is 8.23. The van der Waals surface area contributed by atoms with Gasteiger partial charge in [0.2, 0.25) is 5.91 Å². The lowest BCUT2D eigenvalue weighted by Gasteiger charge is -2.31. The maximum absolute atomic E-state index is 11.8. The van der Waals surface area contributed by atoms with Crippen molar-refractivity contribution in [3.63, 3.8) is 0 Å². The van der Waals surface area contributed by atoms with E-state index in [1.165, 1.54) is 4.88 Å². The molecule has 1 aliphatic rings. The largest absolute Gasteiger partial charge is 0.346 e. The number of rotatable bonds is 3. The lowest BCUT2D eigenvalue weighted by Crippen LogP contribution is -2.54. The van der Waals surface area contributed by atoms with Gasteiger partial charge >= 0.3 is 0 Å². The van der Waals surface area contributed by atoms with E-state index < -0.39 is 0 Å². The summed E-state index contributed by atoms with van der Waals surface area (Å²) in [6.45, 7) is 5.71. The van der Waals surface area contributed by atoms with Crippen molar-refractivity contribution in [2.24, 2.45) is 5.92 Å². The number of hydrogen-bond acceptors (Lipinski definition) is 3. The van der Waals surface area contributed by atoms with Gasteiger partial charge in [0, 0.05) is 18.0 Å². The molecule has 1 aromatic heterocycles. The SMILES string of the molecule is CC(C)(NC(=O)C1CNC1)c1cccs1. The zero-order chi connectivity index (χ0) is 10.9. The second-order valence-corrected chi connectivity index (χ2v) is 5.39. The Balaban J connectivity index is 2.00. The van der Waals surface area contributed by atoms with Crippen molar-refractivity contribution >= 4 is 17.2 Å². The topological polar surface area (TPSA) is 41.1 Å². The minimum Gasteiger partial charge on any atom is -0.346 e. The lowest BCUT2D eigenvalue weighted by atomic mass is 9.98. The fourth-order valence-corrected chi connectivity index (χ4v) is 2.39. The van der Waals surface area contributed by atoms with Crippen LogP contribution in [0.2, 0.25) is 0 Å². The monoisotopic (exact) mass is 224 g/mol. The van der Waals surface area contributed by atoms with E-state index in [4.69, 9.17) is 0 Å². The van der Waals surface area contributed by atoms with E-state index in [0.717, 1.165) is 13.1 Å². The van der Waals surface area contributed by atoms with Crippen molar-refractivity contribution in [3.8, 4) is 0 Å². The van der Waals surface area contributed by atoms with Crippen LogP contribution in [-0.4, -0.2) is 19.0 Å². The van der Waals surface area contributed by atoms with Crippen molar-refractivity contribution in [2.75, 3.05) is 13.1 Å². The first-order chi connectivity index (χ1) is 7.09. The van der Waals surface area contributed by atoms with E-state index in [0.29, 0.717) is 0 Å². The first kappa shape index (κ1) is 10.6. The van der Waals surface area contributed by atoms with Crippen LogP contribution in [-0.2, 0) is 10.3 Å². The van der Waals surface area contributed by atoms with Crippen LogP contribution in [0.3, 0.4) is 0 Å². The molecule has 2 rings (SSSR count). The van der Waals surface area contributed by atoms with Gasteiger partial charge in [-0.2, -0.15) is 0 Å². The highest BCUT2D eigenvalue weighted by Crippen LogP contribution is 2.25. The molecule has 1 fully saturated rings. The van der Waals surface area contributed by atoms with E-state index in [1.54, 1.807) is 11.3 Å². The van der Waals surface area contributed by atoms with E-state index in [1.807, 2.05) is 25.3 Å². The third-order valence-electron chi connectivity index (χ3n) is 2.73. The van der Waals surface area contributed by atoms with E-state index in [2.05, 4.69) is 16.7 Å². The maximum atomic E-state index is 11.8. The normalized spacial score (nSPS) is 17.2. The zero-order valence-electron chi connectivity index (χ0n) is 9.04. The summed E-state index contributed by atoms with van der Waals surface area (Å²) in [6, 6.07) is 4.07. The van der Waals surface area contributed by atoms with Gasteiger partial charge in [0.05, 0.1) is 11.5 Å². The average molecular weight is 224 g/mol. The number of thiophene rings is 1. The molecule has 0 aliphatic carbocycles. The number of nitrogens with one attached hydrogen (secondary N) is 2. The molecule has 2 N–H and O–H groups in total. The molecule has 1 aromatic rings. The van der Waals surface area contributed by atoms with Crippen molar-refractivity contribution in [1.82, 2.24) is 10.6 Å². The second-order valence-electron chi connectivity index (χ2n) is 4.45. The summed E-state index contributed by atoms with van der Waals surface area (Å²) in [6.07, 6.45) is 0. The van der Waals surface area contributed by atoms with Crippen LogP contribution in [0.15, 0.2) is 17.5 Å². The summed E-state index contributed by atoms with van der Waals surface area (Å²) in [4.78, 5) is 13.0. The van der Waals surface area contributed by atoms with Gasteiger partial charge in [0.1, 0.15) is 0 Å². The van der Waals surface area contributed by atoms with Crippen LogP contribution in [0.4, 0.5) is 0 Å². The quantitative estimate of drug-likeness (QED) is 0.813. The third-order valence-corrected chi connectivity index (χ3v) is 3.92. The average Bonchev–Trinajstić information content (AvgIpc) is 2.49. The van der Waals surface area contributed by atoms with Crippen molar-refractivity contribution in [2.45, 2.75) is 19.4 Å². The Morgan fingerprint density at radius 1 is 1.60 bits per heavy atom. The summed E-state index contributed by atoms with van der Waals surface area (Å²) in [5.74, 6) is 0.316. The smallest absolute Gasteiger partial charge is 0.226 e. The van der Waals surface area contributed by atoms with E-state index in [9.17, 15) is 4.79 Å². The number of carbonyl (C=O) groups is 1. The molecular weight excluding hydrogens is 208 g/mol. The summed E-state index contributed by atoms with van der Waals surface area (Å²) in [5.41, 5.74) is -0.249. The van der Waals surface area contributed by atoms with Gasteiger partial charge in [0.15, 0.2) is 0 Å². The van der Waals surface area contributed by atoms with Crippen LogP contribution >= 0.6 is 11.3 Å². The molecule has 82 valence electrons. The van der Waals surface area contributed by atoms with Crippen molar-refractivity contribution < 1.29 is 4.79 Å². The molecule has 0 unspecified atom stereocenters. The number of amides is 1. The van der Waals surface area contributed by atoms with Gasteiger partial charge < -0.3 is 10.6 Å². The Kier molecular flexibility index (Phi) is 2.80. The van der Waals surface area contributed by atoms with E-state index in [-0.39, 0.29) is 17.4 Å². The summed E-state index contributed by atoms with van der Waals surface area (Å²) in [7, 11) is 0. The van der Waals surface area contributed by atoms with Crippen LogP contribution < -0.4 is 10.6 Å². The molecule has 0 spiro atoms. The van der Waals surface area contributed by atoms with Gasteiger partial charge in [-0.05, 0) is 25.3 Å². The fourth-order valence-electron chi connectivity index (χ4n) is 1.58. The molecule has 0 saturated carbocycles. The Morgan fingerprint density at radius 2 is 2.33 bits per heavy atom. The Labute approximate surface area is 93.9 Å². The van der Waals surface area contributed by atoms with E-state index >= 15 is 0 Å². The Bertz CT molecular complexity index is 341. The Hall–Kier alpha value is -0.870. The molecule has 2 heterocycles. The number of carbonyl (C=O) groups excluding carboxylic acids is 1. The van der Waals surface area contributed by atoms with Crippen molar-refractivity contribution in [3.05, 3.63) is 22.4 Å². The van der Waals surface area contributed by atoms with Crippen LogP contribution in [0.1, 0.15) is 18.7 Å². The van der Waals surface area contributed by atoms with Crippen LogP contribution in [0.25, 0.3) is 0 Å². The van der Waals surface area contributed by atoms with Gasteiger partial charge in [-0.25, -0.2) is 0 Å². The summed E-state index contributed by atoms with van der Waals surface area (Å²) < 4.78 is 0. The van der Waals surface area contributed by atoms with Crippen molar-refractivity contribution in [1.29, 1.82) is 0 Å². The standard InChI is InChI=1S/C11H16N2OS/c1-11(2,9-4-3-5-15-9)13-10(14)8-6-12-7-8/h3-5,8,12H,6-7H2,1-2H3,(H,13,14). The molecule has 0 atom stereocenters. The summed E-state index contributed by atoms with van der Waals surface area (Å²) >= 11 is 1.68. The highest BCUT2D eigenvalue weighted by Gasteiger charge is 2.30. The minimum atomic E-state index is -0.249. The molecule has 0 radical (unpaired) electrons. The number of hydrogen-bond donors (Lipinski definition) is 2. The minimum absolute atomic E-state index is 0.157. The molecular formula is C11H16N2OS. The molecule has 1 saturated heterocycles. The van der Waals surface area contributed by atoms with Gasteiger partial charge in [-0.3, -0.25) is 4.79 Å². The predicted molar refractivity (Wildman–Crippen MR) is 61.8 cm³/mol. The van der Waals surface area contributed by atoms with Crippen LogP contribution in [0, 0.1) is 5.92 Å². The molecule has 4 heteroatoms. The maximum Gasteiger partial charge on any atom is 0.226 e. The molecule has 15 heavy (non-hydrogen) atoms. The molecule has 0 aromatic carbocycles. The third kappa shape index (κ3) is 2.21. The van der Waals surface area contributed by atoms with Gasteiger partial charge in [-0.15, -0.1) is 11.3 Å². The predicted octanol–water partition coefficient (Wildman–Crippen LogP) is 1.32. The first-order valence-corrected chi connectivity index (χ1v) is 6.04. The highest BCUT2D eigenvalue weighted by atomic mass is 32.1. The fraction of sp³-hybridized carbons (Fsp3) is 0.545. The lowest BCUT2D eigenvalue weighted by molar-refractivity contribution is -0.128. The Morgan fingerprint density at radius 3 is 2.80 bits per heavy atom. The van der Waals surface area contributed by atoms with Gasteiger partial charge in [0.25, 0.3) is 0 Å². The molecule has 1 aliphatic heterocycles.